The highest BCUT2D eigenvalue weighted by molar-refractivity contribution is 5.83. The molecule has 6 heteroatoms. The zero-order valence-corrected chi connectivity index (χ0v) is 10.2. The van der Waals surface area contributed by atoms with E-state index in [0.29, 0.717) is 17.1 Å². The lowest BCUT2D eigenvalue weighted by Gasteiger charge is -2.17. The Bertz CT molecular complexity index is 568. The summed E-state index contributed by atoms with van der Waals surface area (Å²) in [7, 11) is 0. The molecule has 6 nitrogen and oxygen atoms in total. The summed E-state index contributed by atoms with van der Waals surface area (Å²) in [6.45, 7) is 2.14. The number of aliphatic hydroxyl groups excluding tert-OH is 1. The normalized spacial score (nSPS) is 28.0. The fraction of sp³-hybridized carbons (Fsp3) is 0.500. The first kappa shape index (κ1) is 11.4. The molecule has 1 fully saturated rings. The van der Waals surface area contributed by atoms with Crippen LogP contribution in [0.25, 0.3) is 11.2 Å². The summed E-state index contributed by atoms with van der Waals surface area (Å²) in [4.78, 5) is 8.59. The van der Waals surface area contributed by atoms with Gasteiger partial charge in [-0.2, -0.15) is 0 Å². The predicted molar refractivity (Wildman–Crippen MR) is 66.7 cm³/mol. The Morgan fingerprint density at radius 1 is 1.56 bits per heavy atom. The number of nitrogens with zero attached hydrogens (tertiary/aromatic N) is 3. The maximum atomic E-state index is 9.17. The van der Waals surface area contributed by atoms with Crippen molar-refractivity contribution in [2.24, 2.45) is 5.92 Å². The molecule has 1 aliphatic heterocycles. The van der Waals surface area contributed by atoms with Gasteiger partial charge >= 0.3 is 0 Å². The van der Waals surface area contributed by atoms with Crippen LogP contribution in [0, 0.1) is 5.92 Å². The van der Waals surface area contributed by atoms with Crippen LogP contribution in [0.1, 0.15) is 19.6 Å². The number of imidazole rings is 1. The lowest BCUT2D eigenvalue weighted by Crippen LogP contribution is -2.15. The second-order valence-corrected chi connectivity index (χ2v) is 4.77. The molecule has 0 amide bonds. The van der Waals surface area contributed by atoms with Crippen molar-refractivity contribution in [2.75, 3.05) is 12.3 Å². The van der Waals surface area contributed by atoms with E-state index in [1.165, 1.54) is 0 Å². The first-order valence-corrected chi connectivity index (χ1v) is 6.04. The molecule has 2 aromatic heterocycles. The Balaban J connectivity index is 2.02. The highest BCUT2D eigenvalue weighted by Crippen LogP contribution is 2.35. The topological polar surface area (TPSA) is 86.2 Å². The van der Waals surface area contributed by atoms with E-state index in [2.05, 4.69) is 16.9 Å². The number of nitrogen functional groups attached to an aromatic ring is 1. The molecule has 18 heavy (non-hydrogen) atoms. The smallest absolute Gasteiger partial charge is 0.164 e. The van der Waals surface area contributed by atoms with E-state index in [-0.39, 0.29) is 18.9 Å². The van der Waals surface area contributed by atoms with Crippen LogP contribution in [0.2, 0.25) is 0 Å². The highest BCUT2D eigenvalue weighted by Gasteiger charge is 2.34. The number of aromatic nitrogens is 3. The van der Waals surface area contributed by atoms with Gasteiger partial charge in [0.2, 0.25) is 0 Å². The van der Waals surface area contributed by atoms with Crippen molar-refractivity contribution in [2.45, 2.75) is 25.7 Å². The van der Waals surface area contributed by atoms with Crippen molar-refractivity contribution in [3.05, 3.63) is 18.6 Å². The summed E-state index contributed by atoms with van der Waals surface area (Å²) in [6, 6.07) is 1.73. The zero-order valence-electron chi connectivity index (χ0n) is 10.2. The number of nitrogens with two attached hydrogens (primary N) is 1. The molecule has 0 aliphatic carbocycles. The van der Waals surface area contributed by atoms with E-state index >= 15 is 0 Å². The molecule has 0 aromatic carbocycles. The summed E-state index contributed by atoms with van der Waals surface area (Å²) in [5.74, 6) is 0.308. The quantitative estimate of drug-likeness (QED) is 0.825. The van der Waals surface area contributed by atoms with E-state index in [1.54, 1.807) is 18.6 Å². The average molecular weight is 248 g/mol. The number of hydrogen-bond acceptors (Lipinski definition) is 5. The van der Waals surface area contributed by atoms with Crippen molar-refractivity contribution >= 4 is 16.9 Å². The summed E-state index contributed by atoms with van der Waals surface area (Å²) >= 11 is 0. The van der Waals surface area contributed by atoms with Gasteiger partial charge in [-0.25, -0.2) is 9.97 Å². The van der Waals surface area contributed by atoms with E-state index < -0.39 is 0 Å². The molecule has 0 radical (unpaired) electrons. The lowest BCUT2D eigenvalue weighted by atomic mass is 10.1. The predicted octanol–water partition coefficient (Wildman–Crippen LogP) is 0.929. The van der Waals surface area contributed by atoms with Gasteiger partial charge < -0.3 is 15.6 Å². The number of pyridine rings is 1. The summed E-state index contributed by atoms with van der Waals surface area (Å²) < 4.78 is 7.70. The zero-order chi connectivity index (χ0) is 12.7. The first-order valence-electron chi connectivity index (χ1n) is 6.04. The van der Waals surface area contributed by atoms with Crippen LogP contribution >= 0.6 is 0 Å². The van der Waals surface area contributed by atoms with Gasteiger partial charge in [-0.05, 0) is 12.5 Å². The van der Waals surface area contributed by atoms with E-state index in [0.717, 1.165) is 12.1 Å². The van der Waals surface area contributed by atoms with Crippen molar-refractivity contribution < 1.29 is 9.84 Å². The summed E-state index contributed by atoms with van der Waals surface area (Å²) in [5.41, 5.74) is 7.90. The maximum absolute atomic E-state index is 9.17. The molecule has 3 atom stereocenters. The van der Waals surface area contributed by atoms with Gasteiger partial charge in [-0.1, -0.05) is 6.92 Å². The van der Waals surface area contributed by atoms with Gasteiger partial charge in [0, 0.05) is 12.1 Å². The molecule has 3 rings (SSSR count). The van der Waals surface area contributed by atoms with Gasteiger partial charge in [0.25, 0.3) is 0 Å². The molecular formula is C12H16N4O2. The molecule has 1 saturated heterocycles. The molecule has 3 N–H and O–H groups in total. The molecule has 3 heterocycles. The van der Waals surface area contributed by atoms with E-state index in [1.807, 2.05) is 4.57 Å². The molecule has 96 valence electrons. The van der Waals surface area contributed by atoms with Crippen molar-refractivity contribution in [3.63, 3.8) is 0 Å². The lowest BCUT2D eigenvalue weighted by molar-refractivity contribution is -0.0294. The minimum absolute atomic E-state index is 0.0447. The fourth-order valence-corrected chi connectivity index (χ4v) is 2.51. The van der Waals surface area contributed by atoms with Crippen molar-refractivity contribution in [1.82, 2.24) is 14.5 Å². The summed E-state index contributed by atoms with van der Waals surface area (Å²) in [6.07, 6.45) is 3.96. The maximum Gasteiger partial charge on any atom is 0.164 e. The van der Waals surface area contributed by atoms with Crippen LogP contribution in [0.4, 0.5) is 5.69 Å². The fourth-order valence-electron chi connectivity index (χ4n) is 2.51. The van der Waals surface area contributed by atoms with Crippen LogP contribution in [0.15, 0.2) is 18.6 Å². The van der Waals surface area contributed by atoms with Crippen LogP contribution in [-0.2, 0) is 4.74 Å². The number of anilines is 1. The molecule has 0 bridgehead atoms. The van der Waals surface area contributed by atoms with Gasteiger partial charge in [-0.15, -0.1) is 0 Å². The Hall–Kier alpha value is -1.66. The van der Waals surface area contributed by atoms with Gasteiger partial charge in [0.15, 0.2) is 5.65 Å². The Labute approximate surface area is 104 Å². The molecule has 0 saturated carbocycles. The van der Waals surface area contributed by atoms with Gasteiger partial charge in [0.05, 0.1) is 24.7 Å². The van der Waals surface area contributed by atoms with Crippen molar-refractivity contribution in [3.8, 4) is 0 Å². The van der Waals surface area contributed by atoms with Crippen LogP contribution in [-0.4, -0.2) is 32.4 Å². The summed E-state index contributed by atoms with van der Waals surface area (Å²) in [5, 5.41) is 9.17. The molecular weight excluding hydrogens is 232 g/mol. The second-order valence-electron chi connectivity index (χ2n) is 4.77. The van der Waals surface area contributed by atoms with Gasteiger partial charge in [0.1, 0.15) is 11.7 Å². The minimum atomic E-state index is -0.138. The Kier molecular flexibility index (Phi) is 2.68. The van der Waals surface area contributed by atoms with E-state index in [4.69, 9.17) is 10.5 Å². The SMILES string of the molecule is CC1CC(CO)OC1n1cnc2c(N)ccnc21. The molecule has 3 unspecified atom stereocenters. The number of fused-ring (bicyclic) bond motifs is 1. The first-order chi connectivity index (χ1) is 8.70. The van der Waals surface area contributed by atoms with Gasteiger partial charge in [-0.3, -0.25) is 4.57 Å². The largest absolute Gasteiger partial charge is 0.397 e. The molecule has 0 spiro atoms. The minimum Gasteiger partial charge on any atom is -0.397 e. The Morgan fingerprint density at radius 3 is 3.11 bits per heavy atom. The average Bonchev–Trinajstić information content (AvgIpc) is 2.93. The third-order valence-corrected chi connectivity index (χ3v) is 3.42. The van der Waals surface area contributed by atoms with Crippen LogP contribution < -0.4 is 5.73 Å². The monoisotopic (exact) mass is 248 g/mol. The second kappa shape index (κ2) is 4.22. The third-order valence-electron chi connectivity index (χ3n) is 3.42. The number of aliphatic hydroxyl groups is 1. The molecule has 2 aromatic rings. The van der Waals surface area contributed by atoms with Crippen molar-refractivity contribution in [1.29, 1.82) is 0 Å². The number of rotatable bonds is 2. The number of ether oxygens (including phenoxy) is 1. The molecule has 1 aliphatic rings. The highest BCUT2D eigenvalue weighted by atomic mass is 16.5. The van der Waals surface area contributed by atoms with Crippen LogP contribution in [0.5, 0.6) is 0 Å². The van der Waals surface area contributed by atoms with Crippen LogP contribution in [0.3, 0.4) is 0 Å². The Morgan fingerprint density at radius 2 is 2.39 bits per heavy atom. The third kappa shape index (κ3) is 1.65. The van der Waals surface area contributed by atoms with E-state index in [9.17, 15) is 5.11 Å². The standard InChI is InChI=1S/C12H16N4O2/c1-7-4-8(5-17)18-12(7)16-6-15-10-9(13)2-3-14-11(10)16/h2-3,6-8,12,17H,4-5H2,1H3,(H2,13,14). The number of hydrogen-bond donors (Lipinski definition) is 2.